The van der Waals surface area contributed by atoms with Gasteiger partial charge in [0, 0.05) is 10.9 Å². The number of amides is 1. The highest BCUT2D eigenvalue weighted by Crippen LogP contribution is 2.44. The maximum atomic E-state index is 13.7. The molecule has 2 aliphatic rings. The monoisotopic (exact) mass is 536 g/mol. The van der Waals surface area contributed by atoms with Crippen LogP contribution in [0, 0.1) is 17.6 Å². The van der Waals surface area contributed by atoms with Gasteiger partial charge >= 0.3 is 5.97 Å². The number of carbonyl (C=O) groups is 2. The summed E-state index contributed by atoms with van der Waals surface area (Å²) in [6.45, 7) is -0.622. The lowest BCUT2D eigenvalue weighted by Crippen LogP contribution is -2.34. The minimum atomic E-state index is -0.905. The quantitative estimate of drug-likeness (QED) is 0.388. The molecule has 1 heterocycles. The Hall–Kier alpha value is -4.04. The van der Waals surface area contributed by atoms with Gasteiger partial charge in [-0.2, -0.15) is 5.10 Å². The third kappa shape index (κ3) is 5.31. The molecule has 38 heavy (non-hydrogen) atoms. The Morgan fingerprint density at radius 1 is 1.05 bits per heavy atom. The third-order valence-electron chi connectivity index (χ3n) is 6.68. The average molecular weight is 537 g/mol. The number of hydrogen-bond acceptors (Lipinski definition) is 5. The number of hydrazone groups is 1. The molecule has 3 aromatic carbocycles. The van der Waals surface area contributed by atoms with Gasteiger partial charge in [0.2, 0.25) is 0 Å². The molecule has 1 amide bonds. The number of rotatable bonds is 5. The number of allylic oxidation sites excluding steroid dienone is 1. The summed E-state index contributed by atoms with van der Waals surface area (Å²) in [6, 6.07) is 15.4. The van der Waals surface area contributed by atoms with Crippen LogP contribution in [0.5, 0.6) is 5.75 Å². The fourth-order valence-corrected chi connectivity index (χ4v) is 5.08. The molecular formula is C29H23ClF2N2O4. The smallest absolute Gasteiger partial charge is 0.342 e. The number of ether oxygens (including phenoxy) is 1. The molecule has 0 spiro atoms. The Morgan fingerprint density at radius 3 is 2.45 bits per heavy atom. The van der Waals surface area contributed by atoms with Crippen molar-refractivity contribution < 1.29 is 28.2 Å². The molecule has 1 aliphatic heterocycles. The zero-order valence-corrected chi connectivity index (χ0v) is 20.9. The predicted octanol–water partition coefficient (Wildman–Crippen LogP) is 6.30. The van der Waals surface area contributed by atoms with Crippen molar-refractivity contribution in [3.63, 3.8) is 0 Å². The van der Waals surface area contributed by atoms with Crippen LogP contribution < -0.4 is 0 Å². The van der Waals surface area contributed by atoms with Gasteiger partial charge in [-0.05, 0) is 84.5 Å². The maximum Gasteiger partial charge on any atom is 0.342 e. The Bertz CT molecular complexity index is 1440. The molecule has 194 valence electrons. The van der Waals surface area contributed by atoms with Gasteiger partial charge in [-0.15, -0.1) is 0 Å². The highest BCUT2D eigenvalue weighted by atomic mass is 35.5. The van der Waals surface area contributed by atoms with E-state index < -0.39 is 30.3 Å². The summed E-state index contributed by atoms with van der Waals surface area (Å²) in [4.78, 5) is 25.9. The van der Waals surface area contributed by atoms with Crippen LogP contribution in [0.4, 0.5) is 8.78 Å². The Labute approximate surface area is 222 Å². The van der Waals surface area contributed by atoms with E-state index in [2.05, 4.69) is 5.10 Å². The number of hydrogen-bond donors (Lipinski definition) is 1. The molecule has 9 heteroatoms. The van der Waals surface area contributed by atoms with E-state index in [9.17, 15) is 23.5 Å². The Morgan fingerprint density at radius 2 is 1.74 bits per heavy atom. The lowest BCUT2D eigenvalue weighted by molar-refractivity contribution is -0.137. The average Bonchev–Trinajstić information content (AvgIpc) is 3.31. The van der Waals surface area contributed by atoms with Crippen molar-refractivity contribution in [2.24, 2.45) is 11.0 Å². The fraction of sp³-hybridized carbons (Fsp3) is 0.207. The van der Waals surface area contributed by atoms with Crippen LogP contribution in [-0.2, 0) is 9.53 Å². The Balaban J connectivity index is 1.44. The molecule has 2 unspecified atom stereocenters. The van der Waals surface area contributed by atoms with Crippen LogP contribution >= 0.6 is 11.6 Å². The second-order valence-corrected chi connectivity index (χ2v) is 9.61. The molecular weight excluding hydrogens is 514 g/mol. The number of halogens is 3. The van der Waals surface area contributed by atoms with Gasteiger partial charge in [-0.25, -0.2) is 18.6 Å². The van der Waals surface area contributed by atoms with Crippen molar-refractivity contribution >= 4 is 35.3 Å². The summed E-state index contributed by atoms with van der Waals surface area (Å²) in [7, 11) is 0. The number of phenolic OH excluding ortho intramolecular Hbond substituents is 1. The van der Waals surface area contributed by atoms with Crippen molar-refractivity contribution in [1.82, 2.24) is 5.01 Å². The summed E-state index contributed by atoms with van der Waals surface area (Å²) in [6.07, 6.45) is 4.26. The largest absolute Gasteiger partial charge is 0.507 e. The van der Waals surface area contributed by atoms with Gasteiger partial charge in [0.25, 0.3) is 5.91 Å². The van der Waals surface area contributed by atoms with E-state index in [0.29, 0.717) is 5.56 Å². The van der Waals surface area contributed by atoms with Crippen LogP contribution in [0.3, 0.4) is 0 Å². The van der Waals surface area contributed by atoms with Crippen molar-refractivity contribution in [3.05, 3.63) is 106 Å². The van der Waals surface area contributed by atoms with Crippen molar-refractivity contribution in [2.45, 2.75) is 25.3 Å². The van der Waals surface area contributed by atoms with E-state index in [0.717, 1.165) is 36.1 Å². The predicted molar refractivity (Wildman–Crippen MR) is 139 cm³/mol. The first-order valence-electron chi connectivity index (χ1n) is 12.1. The van der Waals surface area contributed by atoms with Crippen LogP contribution in [0.1, 0.15) is 46.8 Å². The number of carbonyl (C=O) groups excluding carboxylic acids is 2. The highest BCUT2D eigenvalue weighted by molar-refractivity contribution is 6.31. The van der Waals surface area contributed by atoms with Gasteiger partial charge < -0.3 is 9.84 Å². The summed E-state index contributed by atoms with van der Waals surface area (Å²) in [5.74, 6) is -2.69. The van der Waals surface area contributed by atoms with Crippen LogP contribution in [0.25, 0.3) is 6.08 Å². The van der Waals surface area contributed by atoms with Crippen molar-refractivity contribution in [1.29, 1.82) is 0 Å². The summed E-state index contributed by atoms with van der Waals surface area (Å²) in [5, 5.41) is 16.2. The van der Waals surface area contributed by atoms with Crippen LogP contribution in [0.2, 0.25) is 5.02 Å². The van der Waals surface area contributed by atoms with Gasteiger partial charge in [-0.1, -0.05) is 35.9 Å². The number of phenols is 1. The van der Waals surface area contributed by atoms with Crippen molar-refractivity contribution in [3.8, 4) is 5.75 Å². The standard InChI is InChI=1S/C29H23ClF2N2O4/c30-20-8-13-25(35)24(15-20)29(37)38-16-26(36)34-28(18-6-11-22(32)12-7-18)23-3-1-2-19(27(23)33-34)14-17-4-9-21(31)10-5-17/h4-15,23,28,35H,1-3,16H2/b19-14-. The van der Waals surface area contributed by atoms with Crippen LogP contribution in [-0.4, -0.2) is 34.3 Å². The molecule has 6 nitrogen and oxygen atoms in total. The van der Waals surface area contributed by atoms with E-state index in [4.69, 9.17) is 16.3 Å². The molecule has 2 atom stereocenters. The van der Waals surface area contributed by atoms with E-state index in [1.807, 2.05) is 6.08 Å². The van der Waals surface area contributed by atoms with Gasteiger partial charge in [0.1, 0.15) is 22.9 Å². The first-order valence-corrected chi connectivity index (χ1v) is 12.5. The molecule has 1 saturated carbocycles. The molecule has 0 aromatic heterocycles. The van der Waals surface area contributed by atoms with E-state index in [1.165, 1.54) is 47.5 Å². The van der Waals surface area contributed by atoms with E-state index in [-0.39, 0.29) is 28.1 Å². The second kappa shape index (κ2) is 10.8. The van der Waals surface area contributed by atoms with Crippen molar-refractivity contribution in [2.75, 3.05) is 6.61 Å². The van der Waals surface area contributed by atoms with E-state index in [1.54, 1.807) is 24.3 Å². The van der Waals surface area contributed by atoms with Gasteiger partial charge in [0.05, 0.1) is 11.8 Å². The second-order valence-electron chi connectivity index (χ2n) is 9.18. The highest BCUT2D eigenvalue weighted by Gasteiger charge is 2.44. The zero-order chi connectivity index (χ0) is 26.8. The first kappa shape index (κ1) is 25.6. The summed E-state index contributed by atoms with van der Waals surface area (Å²) < 4.78 is 32.3. The molecule has 0 saturated heterocycles. The molecule has 0 radical (unpaired) electrons. The number of aromatic hydroxyl groups is 1. The summed E-state index contributed by atoms with van der Waals surface area (Å²) in [5.41, 5.74) is 3.00. The first-order chi connectivity index (χ1) is 18.3. The third-order valence-corrected chi connectivity index (χ3v) is 6.92. The molecule has 5 rings (SSSR count). The van der Waals surface area contributed by atoms with Gasteiger partial charge in [-0.3, -0.25) is 4.79 Å². The van der Waals surface area contributed by atoms with Gasteiger partial charge in [0.15, 0.2) is 6.61 Å². The molecule has 1 aliphatic carbocycles. The SMILES string of the molecule is O=C(OCC(=O)N1N=C2/C(=C\c3ccc(F)cc3)CCCC2C1c1ccc(F)cc1)c1cc(Cl)ccc1O. The lowest BCUT2D eigenvalue weighted by atomic mass is 9.77. The normalized spacial score (nSPS) is 19.7. The summed E-state index contributed by atoms with van der Waals surface area (Å²) >= 11 is 5.91. The lowest BCUT2D eigenvalue weighted by Gasteiger charge is -2.29. The Kier molecular flexibility index (Phi) is 7.24. The number of nitrogens with zero attached hydrogens (tertiary/aromatic N) is 2. The minimum absolute atomic E-state index is 0.155. The fourth-order valence-electron chi connectivity index (χ4n) is 4.90. The molecule has 1 N–H and O–H groups in total. The number of fused-ring (bicyclic) bond motifs is 1. The molecule has 1 fully saturated rings. The van der Waals surface area contributed by atoms with Crippen LogP contribution in [0.15, 0.2) is 77.4 Å². The topological polar surface area (TPSA) is 79.2 Å². The number of benzene rings is 3. The molecule has 3 aromatic rings. The minimum Gasteiger partial charge on any atom is -0.507 e. The van der Waals surface area contributed by atoms with E-state index >= 15 is 0 Å². The number of esters is 1. The molecule has 0 bridgehead atoms. The maximum absolute atomic E-state index is 13.7. The zero-order valence-electron chi connectivity index (χ0n) is 20.1.